The topological polar surface area (TPSA) is 102 Å². The molecule has 1 aliphatic rings. The van der Waals surface area contributed by atoms with Crippen LogP contribution in [0.25, 0.3) is 0 Å². The molecule has 3 rings (SSSR count). The van der Waals surface area contributed by atoms with E-state index in [4.69, 9.17) is 9.26 Å². The van der Waals surface area contributed by atoms with Crippen molar-refractivity contribution in [3.8, 4) is 5.75 Å². The van der Waals surface area contributed by atoms with E-state index in [0.717, 1.165) is 24.2 Å². The third kappa shape index (κ3) is 3.90. The highest BCUT2D eigenvalue weighted by molar-refractivity contribution is 7.89. The van der Waals surface area contributed by atoms with Crippen LogP contribution in [0, 0.1) is 13.8 Å². The SMILES string of the molecule is COc1cccc(C2CCCN2C(=O)[C@H](C)NS(=O)(=O)c2c(C)noc2C)c1. The molecule has 1 fully saturated rings. The van der Waals surface area contributed by atoms with Crippen molar-refractivity contribution in [3.05, 3.63) is 41.3 Å². The van der Waals surface area contributed by atoms with Gasteiger partial charge in [0, 0.05) is 6.54 Å². The Hall–Kier alpha value is -2.39. The predicted molar refractivity (Wildman–Crippen MR) is 102 cm³/mol. The smallest absolute Gasteiger partial charge is 0.246 e. The lowest BCUT2D eigenvalue weighted by molar-refractivity contribution is -0.133. The van der Waals surface area contributed by atoms with E-state index in [1.807, 2.05) is 24.3 Å². The van der Waals surface area contributed by atoms with Gasteiger partial charge < -0.3 is 14.2 Å². The van der Waals surface area contributed by atoms with Gasteiger partial charge >= 0.3 is 0 Å². The van der Waals surface area contributed by atoms with Gasteiger partial charge in [0.05, 0.1) is 19.2 Å². The molecular weight excluding hydrogens is 382 g/mol. The lowest BCUT2D eigenvalue weighted by atomic mass is 10.0. The van der Waals surface area contributed by atoms with Gasteiger partial charge in [-0.25, -0.2) is 8.42 Å². The minimum Gasteiger partial charge on any atom is -0.497 e. The van der Waals surface area contributed by atoms with Crippen LogP contribution in [0.1, 0.15) is 42.8 Å². The third-order valence-corrected chi connectivity index (χ3v) is 6.74. The van der Waals surface area contributed by atoms with Crippen LogP contribution in [0.4, 0.5) is 0 Å². The number of nitrogens with one attached hydrogen (secondary N) is 1. The van der Waals surface area contributed by atoms with Gasteiger partial charge in [-0.05, 0) is 51.3 Å². The molecule has 0 spiro atoms. The van der Waals surface area contributed by atoms with Crippen molar-refractivity contribution >= 4 is 15.9 Å². The number of hydrogen-bond acceptors (Lipinski definition) is 6. The molecule has 152 valence electrons. The Kier molecular flexibility index (Phi) is 5.76. The molecule has 0 bridgehead atoms. The Labute approximate surface area is 164 Å². The summed E-state index contributed by atoms with van der Waals surface area (Å²) in [6.45, 7) is 5.22. The second kappa shape index (κ2) is 7.92. The molecule has 28 heavy (non-hydrogen) atoms. The number of nitrogens with zero attached hydrogens (tertiary/aromatic N) is 2. The minimum absolute atomic E-state index is 0.0158. The van der Waals surface area contributed by atoms with Gasteiger partial charge in [0.15, 0.2) is 5.76 Å². The summed E-state index contributed by atoms with van der Waals surface area (Å²) in [6, 6.07) is 6.59. The van der Waals surface area contributed by atoms with E-state index in [2.05, 4.69) is 9.88 Å². The summed E-state index contributed by atoms with van der Waals surface area (Å²) in [5.41, 5.74) is 1.24. The molecule has 1 aromatic carbocycles. The second-order valence-electron chi connectivity index (χ2n) is 6.96. The number of benzene rings is 1. The van der Waals surface area contributed by atoms with Gasteiger partial charge in [-0.15, -0.1) is 0 Å². The van der Waals surface area contributed by atoms with Crippen molar-refractivity contribution in [2.45, 2.75) is 50.6 Å². The average Bonchev–Trinajstić information content (AvgIpc) is 3.27. The number of carbonyl (C=O) groups is 1. The molecule has 1 unspecified atom stereocenters. The fourth-order valence-electron chi connectivity index (χ4n) is 3.67. The summed E-state index contributed by atoms with van der Waals surface area (Å²) in [4.78, 5) is 14.7. The quantitative estimate of drug-likeness (QED) is 0.789. The van der Waals surface area contributed by atoms with E-state index >= 15 is 0 Å². The lowest BCUT2D eigenvalue weighted by Gasteiger charge is -2.28. The van der Waals surface area contributed by atoms with E-state index in [9.17, 15) is 13.2 Å². The molecule has 1 N–H and O–H groups in total. The number of rotatable bonds is 6. The summed E-state index contributed by atoms with van der Waals surface area (Å²) in [6.07, 6.45) is 1.68. The van der Waals surface area contributed by atoms with Crippen LogP contribution in [-0.4, -0.2) is 44.1 Å². The number of likely N-dealkylation sites (tertiary alicyclic amines) is 1. The zero-order valence-corrected chi connectivity index (χ0v) is 17.2. The van der Waals surface area contributed by atoms with Gasteiger partial charge in [0.1, 0.15) is 16.3 Å². The van der Waals surface area contributed by atoms with Gasteiger partial charge in [0.2, 0.25) is 15.9 Å². The molecule has 1 saturated heterocycles. The third-order valence-electron chi connectivity index (χ3n) is 4.95. The number of amides is 1. The Morgan fingerprint density at radius 2 is 2.14 bits per heavy atom. The number of sulfonamides is 1. The maximum atomic E-state index is 13.0. The van der Waals surface area contributed by atoms with Crippen LogP contribution in [0.2, 0.25) is 0 Å². The summed E-state index contributed by atoms with van der Waals surface area (Å²) < 4.78 is 38.1. The van der Waals surface area contributed by atoms with Crippen molar-refractivity contribution < 1.29 is 22.5 Å². The van der Waals surface area contributed by atoms with E-state index in [-0.39, 0.29) is 28.3 Å². The molecule has 1 aromatic heterocycles. The maximum Gasteiger partial charge on any atom is 0.246 e. The zero-order chi connectivity index (χ0) is 20.5. The van der Waals surface area contributed by atoms with Gasteiger partial charge in [0.25, 0.3) is 0 Å². The Morgan fingerprint density at radius 1 is 1.39 bits per heavy atom. The fraction of sp³-hybridized carbons (Fsp3) is 0.474. The zero-order valence-electron chi connectivity index (χ0n) is 16.4. The van der Waals surface area contributed by atoms with Crippen molar-refractivity contribution in [2.24, 2.45) is 0 Å². The molecule has 8 nitrogen and oxygen atoms in total. The fourth-order valence-corrected chi connectivity index (χ4v) is 5.20. The minimum atomic E-state index is -3.92. The van der Waals surface area contributed by atoms with Crippen LogP contribution in [0.3, 0.4) is 0 Å². The van der Waals surface area contributed by atoms with Crippen LogP contribution in [-0.2, 0) is 14.8 Å². The Balaban J connectivity index is 1.78. The highest BCUT2D eigenvalue weighted by atomic mass is 32.2. The van der Waals surface area contributed by atoms with Crippen molar-refractivity contribution in [3.63, 3.8) is 0 Å². The molecule has 2 aromatic rings. The Bertz CT molecular complexity index is 950. The maximum absolute atomic E-state index is 13.0. The number of methoxy groups -OCH3 is 1. The van der Waals surface area contributed by atoms with Gasteiger partial charge in [-0.1, -0.05) is 17.3 Å². The monoisotopic (exact) mass is 407 g/mol. The van der Waals surface area contributed by atoms with Crippen LogP contribution < -0.4 is 9.46 Å². The highest BCUT2D eigenvalue weighted by Gasteiger charge is 2.35. The molecular formula is C19H25N3O5S. The first kappa shape index (κ1) is 20.3. The van der Waals surface area contributed by atoms with Crippen molar-refractivity contribution in [1.29, 1.82) is 0 Å². The molecule has 0 aliphatic carbocycles. The molecule has 2 heterocycles. The Morgan fingerprint density at radius 3 is 2.79 bits per heavy atom. The molecule has 9 heteroatoms. The first-order valence-electron chi connectivity index (χ1n) is 9.14. The number of aromatic nitrogens is 1. The normalized spacial score (nSPS) is 18.3. The number of carbonyl (C=O) groups excluding carboxylic acids is 1. The average molecular weight is 407 g/mol. The molecule has 0 saturated carbocycles. The number of aryl methyl sites for hydroxylation is 2. The van der Waals surface area contributed by atoms with E-state index in [1.54, 1.807) is 25.9 Å². The summed E-state index contributed by atoms with van der Waals surface area (Å²) >= 11 is 0. The van der Waals surface area contributed by atoms with E-state index < -0.39 is 16.1 Å². The predicted octanol–water partition coefficient (Wildman–Crippen LogP) is 2.33. The highest BCUT2D eigenvalue weighted by Crippen LogP contribution is 2.34. The number of ether oxygens (including phenoxy) is 1. The standard InChI is InChI=1S/C19H25N3O5S/c1-12-18(14(3)27-20-12)28(24,25)21-13(2)19(23)22-10-6-9-17(22)15-7-5-8-16(11-15)26-4/h5,7-8,11,13,17,21H,6,9-10H2,1-4H3/t13-,17?/m0/s1. The van der Waals surface area contributed by atoms with Crippen molar-refractivity contribution in [1.82, 2.24) is 14.8 Å². The summed E-state index contributed by atoms with van der Waals surface area (Å²) in [5, 5.41) is 3.68. The first-order valence-corrected chi connectivity index (χ1v) is 10.6. The first-order chi connectivity index (χ1) is 13.2. The molecule has 1 amide bonds. The molecule has 2 atom stereocenters. The largest absolute Gasteiger partial charge is 0.497 e. The van der Waals surface area contributed by atoms with Crippen LogP contribution in [0.5, 0.6) is 5.75 Å². The van der Waals surface area contributed by atoms with Crippen molar-refractivity contribution in [2.75, 3.05) is 13.7 Å². The second-order valence-corrected chi connectivity index (χ2v) is 8.61. The van der Waals surface area contributed by atoms with Gasteiger partial charge in [-0.3, -0.25) is 4.79 Å². The molecule has 1 aliphatic heterocycles. The summed E-state index contributed by atoms with van der Waals surface area (Å²) in [5.74, 6) is 0.657. The van der Waals surface area contributed by atoms with Crippen LogP contribution in [0.15, 0.2) is 33.7 Å². The van der Waals surface area contributed by atoms with Gasteiger partial charge in [-0.2, -0.15) is 4.72 Å². The van der Waals surface area contributed by atoms with E-state index in [0.29, 0.717) is 6.54 Å². The number of hydrogen-bond donors (Lipinski definition) is 1. The molecule has 0 radical (unpaired) electrons. The lowest BCUT2D eigenvalue weighted by Crippen LogP contribution is -2.46. The summed E-state index contributed by atoms with van der Waals surface area (Å²) in [7, 11) is -2.32. The van der Waals surface area contributed by atoms with Crippen LogP contribution >= 0.6 is 0 Å². The van der Waals surface area contributed by atoms with E-state index in [1.165, 1.54) is 6.92 Å².